The highest BCUT2D eigenvalue weighted by molar-refractivity contribution is 7.89. The van der Waals surface area contributed by atoms with Gasteiger partial charge in [0.2, 0.25) is 10.0 Å². The van der Waals surface area contributed by atoms with E-state index in [0.29, 0.717) is 25.2 Å². The number of nitriles is 1. The number of rotatable bonds is 6. The molecular formula is C16H17N3O4S2. The van der Waals surface area contributed by atoms with Crippen molar-refractivity contribution in [2.75, 3.05) is 13.2 Å². The van der Waals surface area contributed by atoms with Crippen molar-refractivity contribution in [3.63, 3.8) is 0 Å². The van der Waals surface area contributed by atoms with Crippen molar-refractivity contribution in [2.24, 2.45) is 0 Å². The molecule has 7 nitrogen and oxygen atoms in total. The average molecular weight is 379 g/mol. The van der Waals surface area contributed by atoms with E-state index in [4.69, 9.17) is 14.7 Å². The van der Waals surface area contributed by atoms with Gasteiger partial charge in [0.05, 0.1) is 53.1 Å². The quantitative estimate of drug-likeness (QED) is 0.819. The van der Waals surface area contributed by atoms with Crippen molar-refractivity contribution in [1.29, 1.82) is 5.26 Å². The maximum Gasteiger partial charge on any atom is 0.240 e. The number of benzene rings is 1. The molecule has 3 rings (SSSR count). The molecule has 1 aliphatic heterocycles. The van der Waals surface area contributed by atoms with Gasteiger partial charge >= 0.3 is 0 Å². The smallest absolute Gasteiger partial charge is 0.240 e. The molecular weight excluding hydrogens is 362 g/mol. The lowest BCUT2D eigenvalue weighted by Crippen LogP contribution is -2.50. The minimum absolute atomic E-state index is 0.107. The summed E-state index contributed by atoms with van der Waals surface area (Å²) in [6.07, 6.45) is 0.314. The Morgan fingerprint density at radius 3 is 2.88 bits per heavy atom. The summed E-state index contributed by atoms with van der Waals surface area (Å²) in [4.78, 5) is 4.27. The SMILES string of the molecule is N#Cc1ccc(S(=O)(=O)N[C@@H]2COCC[C@@H]2OCc2cscn2)cc1. The largest absolute Gasteiger partial charge is 0.380 e. The minimum atomic E-state index is -3.72. The molecule has 2 heterocycles. The van der Waals surface area contributed by atoms with E-state index >= 15 is 0 Å². The summed E-state index contributed by atoms with van der Waals surface area (Å²) in [5.41, 5.74) is 2.96. The monoisotopic (exact) mass is 379 g/mol. The molecule has 1 N–H and O–H groups in total. The summed E-state index contributed by atoms with van der Waals surface area (Å²) in [7, 11) is -3.72. The van der Waals surface area contributed by atoms with Gasteiger partial charge in [0.25, 0.3) is 0 Å². The predicted octanol–water partition coefficient (Wildman–Crippen LogP) is 1.67. The maximum absolute atomic E-state index is 12.6. The Balaban J connectivity index is 1.68. The van der Waals surface area contributed by atoms with Gasteiger partial charge in [-0.1, -0.05) is 0 Å². The number of sulfonamides is 1. The lowest BCUT2D eigenvalue weighted by Gasteiger charge is -2.31. The van der Waals surface area contributed by atoms with Crippen LogP contribution in [0.3, 0.4) is 0 Å². The maximum atomic E-state index is 12.6. The van der Waals surface area contributed by atoms with E-state index in [1.807, 2.05) is 11.4 Å². The van der Waals surface area contributed by atoms with Crippen molar-refractivity contribution < 1.29 is 17.9 Å². The van der Waals surface area contributed by atoms with E-state index in [-0.39, 0.29) is 17.6 Å². The van der Waals surface area contributed by atoms with Crippen LogP contribution in [-0.2, 0) is 26.1 Å². The number of thiazole rings is 1. The van der Waals surface area contributed by atoms with Crippen LogP contribution in [0.4, 0.5) is 0 Å². The van der Waals surface area contributed by atoms with E-state index in [9.17, 15) is 8.42 Å². The molecule has 1 aromatic heterocycles. The van der Waals surface area contributed by atoms with Crippen molar-refractivity contribution in [2.45, 2.75) is 30.1 Å². The fraction of sp³-hybridized carbons (Fsp3) is 0.375. The molecule has 9 heteroatoms. The number of ether oxygens (including phenoxy) is 2. The zero-order chi connectivity index (χ0) is 17.7. The van der Waals surface area contributed by atoms with Crippen LogP contribution in [0.25, 0.3) is 0 Å². The Hall–Kier alpha value is -1.83. The van der Waals surface area contributed by atoms with E-state index in [0.717, 1.165) is 5.69 Å². The standard InChI is InChI=1S/C16H17N3O4S2/c17-7-12-1-3-14(4-2-12)25(20,21)19-15-9-22-6-5-16(15)23-8-13-10-24-11-18-13/h1-4,10-11,15-16,19H,5-6,8-9H2/t15-,16+/m1/s1. The fourth-order valence-electron chi connectivity index (χ4n) is 2.50. The molecule has 1 aromatic carbocycles. The van der Waals surface area contributed by atoms with Crippen LogP contribution in [0, 0.1) is 11.3 Å². The van der Waals surface area contributed by atoms with Gasteiger partial charge in [-0.25, -0.2) is 18.1 Å². The van der Waals surface area contributed by atoms with Crippen LogP contribution in [0.5, 0.6) is 0 Å². The van der Waals surface area contributed by atoms with Gasteiger partial charge in [-0.15, -0.1) is 11.3 Å². The van der Waals surface area contributed by atoms with Crippen LogP contribution < -0.4 is 4.72 Å². The molecule has 2 atom stereocenters. The van der Waals surface area contributed by atoms with Gasteiger partial charge in [-0.05, 0) is 30.7 Å². The van der Waals surface area contributed by atoms with Gasteiger partial charge in [0.1, 0.15) is 0 Å². The van der Waals surface area contributed by atoms with Crippen LogP contribution in [0.2, 0.25) is 0 Å². The lowest BCUT2D eigenvalue weighted by molar-refractivity contribution is -0.0578. The molecule has 0 unspecified atom stereocenters. The molecule has 1 fully saturated rings. The highest BCUT2D eigenvalue weighted by Gasteiger charge is 2.31. The van der Waals surface area contributed by atoms with Crippen molar-refractivity contribution >= 4 is 21.4 Å². The van der Waals surface area contributed by atoms with E-state index < -0.39 is 16.1 Å². The van der Waals surface area contributed by atoms with E-state index in [2.05, 4.69) is 9.71 Å². The first-order valence-corrected chi connectivity index (χ1v) is 10.1. The van der Waals surface area contributed by atoms with Gasteiger partial charge in [-0.2, -0.15) is 5.26 Å². The predicted molar refractivity (Wildman–Crippen MR) is 91.4 cm³/mol. The summed E-state index contributed by atoms with van der Waals surface area (Å²) in [5.74, 6) is 0. The second-order valence-corrected chi connectivity index (χ2v) is 7.99. The second-order valence-electron chi connectivity index (χ2n) is 5.56. The van der Waals surface area contributed by atoms with Crippen LogP contribution in [-0.4, -0.2) is 38.8 Å². The topological polar surface area (TPSA) is 101 Å². The number of aromatic nitrogens is 1. The van der Waals surface area contributed by atoms with Crippen molar-refractivity contribution in [3.05, 3.63) is 46.4 Å². The van der Waals surface area contributed by atoms with Crippen LogP contribution >= 0.6 is 11.3 Å². The van der Waals surface area contributed by atoms with Crippen LogP contribution in [0.15, 0.2) is 40.1 Å². The molecule has 25 heavy (non-hydrogen) atoms. The van der Waals surface area contributed by atoms with E-state index in [1.54, 1.807) is 5.51 Å². The third kappa shape index (κ3) is 4.62. The molecule has 0 spiro atoms. The third-order valence-corrected chi connectivity index (χ3v) is 5.96. The van der Waals surface area contributed by atoms with Gasteiger partial charge in [-0.3, -0.25) is 0 Å². The lowest BCUT2D eigenvalue weighted by atomic mass is 10.1. The van der Waals surface area contributed by atoms with Crippen molar-refractivity contribution in [1.82, 2.24) is 9.71 Å². The number of nitrogens with one attached hydrogen (secondary N) is 1. The first kappa shape index (κ1) is 18.0. The molecule has 0 bridgehead atoms. The normalized spacial score (nSPS) is 20.9. The molecule has 0 radical (unpaired) electrons. The highest BCUT2D eigenvalue weighted by Crippen LogP contribution is 2.18. The summed E-state index contributed by atoms with van der Waals surface area (Å²) in [6, 6.07) is 7.26. The Labute approximate surface area is 150 Å². The van der Waals surface area contributed by atoms with Gasteiger partial charge < -0.3 is 9.47 Å². The summed E-state index contributed by atoms with van der Waals surface area (Å²) in [6.45, 7) is 1.11. The first-order chi connectivity index (χ1) is 12.1. The van der Waals surface area contributed by atoms with E-state index in [1.165, 1.54) is 35.6 Å². The highest BCUT2D eigenvalue weighted by atomic mass is 32.2. The second kappa shape index (κ2) is 8.03. The number of hydrogen-bond acceptors (Lipinski definition) is 7. The molecule has 1 saturated heterocycles. The minimum Gasteiger partial charge on any atom is -0.380 e. The number of nitrogens with zero attached hydrogens (tertiary/aromatic N) is 2. The van der Waals surface area contributed by atoms with Crippen LogP contribution in [0.1, 0.15) is 17.7 Å². The Morgan fingerprint density at radius 2 is 2.20 bits per heavy atom. The summed E-state index contributed by atoms with van der Waals surface area (Å²) < 4.78 is 39.0. The Kier molecular flexibility index (Phi) is 5.78. The third-order valence-electron chi connectivity index (χ3n) is 3.82. The number of hydrogen-bond donors (Lipinski definition) is 1. The Morgan fingerprint density at radius 1 is 1.40 bits per heavy atom. The average Bonchev–Trinajstić information content (AvgIpc) is 3.14. The van der Waals surface area contributed by atoms with Gasteiger partial charge in [0.15, 0.2) is 0 Å². The summed E-state index contributed by atoms with van der Waals surface area (Å²) >= 11 is 1.49. The molecule has 0 amide bonds. The summed E-state index contributed by atoms with van der Waals surface area (Å²) in [5, 5.41) is 10.7. The zero-order valence-electron chi connectivity index (χ0n) is 13.3. The zero-order valence-corrected chi connectivity index (χ0v) is 14.9. The fourth-order valence-corrected chi connectivity index (χ4v) is 4.30. The molecule has 0 saturated carbocycles. The molecule has 0 aliphatic carbocycles. The van der Waals surface area contributed by atoms with Crippen molar-refractivity contribution in [3.8, 4) is 6.07 Å². The van der Waals surface area contributed by atoms with Gasteiger partial charge in [0, 0.05) is 12.0 Å². The molecule has 2 aromatic rings. The first-order valence-electron chi connectivity index (χ1n) is 7.67. The molecule has 1 aliphatic rings. The Bertz CT molecular complexity index is 829. The molecule has 132 valence electrons.